The number of carbonyl (C=O) groups is 1. The summed E-state index contributed by atoms with van der Waals surface area (Å²) < 4.78 is 30.2. The van der Waals surface area contributed by atoms with Crippen molar-refractivity contribution in [2.45, 2.75) is 55.9 Å². The monoisotopic (exact) mass is 411 g/mol. The molecule has 7 nitrogen and oxygen atoms in total. The number of aromatic nitrogens is 2. The third-order valence-electron chi connectivity index (χ3n) is 4.79. The van der Waals surface area contributed by atoms with E-state index in [9.17, 15) is 13.2 Å². The highest BCUT2D eigenvalue weighted by Gasteiger charge is 2.39. The fraction of sp³-hybridized carbons (Fsp3) is 0.500. The van der Waals surface area contributed by atoms with E-state index < -0.39 is 27.0 Å². The molecular weight excluding hydrogens is 390 g/mol. The second-order valence-electron chi connectivity index (χ2n) is 6.89. The lowest BCUT2D eigenvalue weighted by Crippen LogP contribution is -2.48. The summed E-state index contributed by atoms with van der Waals surface area (Å²) in [5, 5.41) is 7.35. The number of carbonyl (C=O) groups excluding carboxylic acids is 1. The van der Waals surface area contributed by atoms with Gasteiger partial charge in [0.15, 0.2) is 15.7 Å². The predicted octanol–water partition coefficient (Wildman–Crippen LogP) is 3.17. The number of nitrogens with zero attached hydrogens (tertiary/aromatic N) is 2. The highest BCUT2D eigenvalue weighted by molar-refractivity contribution is 7.92. The summed E-state index contributed by atoms with van der Waals surface area (Å²) in [4.78, 5) is 17.0. The van der Waals surface area contributed by atoms with Crippen LogP contribution in [0.5, 0.6) is 0 Å². The van der Waals surface area contributed by atoms with E-state index in [1.54, 1.807) is 6.92 Å². The van der Waals surface area contributed by atoms with E-state index in [1.807, 2.05) is 0 Å². The van der Waals surface area contributed by atoms with Crippen molar-refractivity contribution >= 4 is 27.3 Å². The van der Waals surface area contributed by atoms with E-state index in [0.717, 1.165) is 25.7 Å². The first kappa shape index (κ1) is 19.8. The number of halogens is 1. The normalized spacial score (nSPS) is 17.3. The van der Waals surface area contributed by atoms with Gasteiger partial charge in [-0.2, -0.15) is 4.98 Å². The Morgan fingerprint density at radius 2 is 1.81 bits per heavy atom. The van der Waals surface area contributed by atoms with Crippen LogP contribution in [0.4, 0.5) is 0 Å². The highest BCUT2D eigenvalue weighted by atomic mass is 35.5. The van der Waals surface area contributed by atoms with Crippen molar-refractivity contribution in [3.05, 3.63) is 41.0 Å². The largest absolute Gasteiger partial charge is 0.342 e. The van der Waals surface area contributed by atoms with Gasteiger partial charge in [-0.05, 0) is 37.1 Å². The molecule has 1 fully saturated rings. The van der Waals surface area contributed by atoms with Crippen molar-refractivity contribution in [1.82, 2.24) is 15.5 Å². The number of aryl methyl sites for hydroxylation is 1. The molecule has 0 bridgehead atoms. The molecule has 1 heterocycles. The van der Waals surface area contributed by atoms with Crippen LogP contribution < -0.4 is 5.32 Å². The zero-order chi connectivity index (χ0) is 19.5. The van der Waals surface area contributed by atoms with Gasteiger partial charge < -0.3 is 9.84 Å². The molecule has 0 saturated heterocycles. The standard InChI is InChI=1S/C18H22ClN3O4S/c1-13-20-17(22-26-13)18(10-4-2-3-5-11-18)21-16(23)12-27(24,25)15-8-6-14(19)7-9-15/h6-9H,2-5,10-12H2,1H3,(H,21,23). The minimum atomic E-state index is -3.77. The zero-order valence-corrected chi connectivity index (χ0v) is 16.6. The molecule has 0 unspecified atom stereocenters. The molecule has 146 valence electrons. The Balaban J connectivity index is 1.81. The molecule has 1 aromatic carbocycles. The fourth-order valence-corrected chi connectivity index (χ4v) is 4.69. The van der Waals surface area contributed by atoms with Crippen molar-refractivity contribution in [2.75, 3.05) is 5.75 Å². The number of hydrogen-bond donors (Lipinski definition) is 1. The SMILES string of the molecule is Cc1nc(C2(NC(=O)CS(=O)(=O)c3ccc(Cl)cc3)CCCCCC2)no1. The molecular formula is C18H22ClN3O4S. The maximum absolute atomic E-state index is 12.7. The molecule has 1 aliphatic rings. The van der Waals surface area contributed by atoms with E-state index in [2.05, 4.69) is 15.5 Å². The molecule has 1 aliphatic carbocycles. The number of amides is 1. The lowest BCUT2D eigenvalue weighted by atomic mass is 9.89. The van der Waals surface area contributed by atoms with Crippen LogP contribution in [-0.4, -0.2) is 30.2 Å². The van der Waals surface area contributed by atoms with Crippen molar-refractivity contribution in [3.8, 4) is 0 Å². The predicted molar refractivity (Wildman–Crippen MR) is 100 cm³/mol. The molecule has 1 saturated carbocycles. The van der Waals surface area contributed by atoms with E-state index in [1.165, 1.54) is 24.3 Å². The lowest BCUT2D eigenvalue weighted by molar-refractivity contribution is -0.121. The Morgan fingerprint density at radius 1 is 1.19 bits per heavy atom. The maximum Gasteiger partial charge on any atom is 0.236 e. The van der Waals surface area contributed by atoms with Crippen LogP contribution in [0.2, 0.25) is 5.02 Å². The van der Waals surface area contributed by atoms with Crippen molar-refractivity contribution in [2.24, 2.45) is 0 Å². The average molecular weight is 412 g/mol. The van der Waals surface area contributed by atoms with E-state index in [0.29, 0.717) is 29.6 Å². The average Bonchev–Trinajstić information content (AvgIpc) is 2.91. The van der Waals surface area contributed by atoms with Crippen LogP contribution in [0, 0.1) is 6.92 Å². The Kier molecular flexibility index (Phi) is 5.86. The maximum atomic E-state index is 12.7. The van der Waals surface area contributed by atoms with E-state index in [-0.39, 0.29) is 4.90 Å². The van der Waals surface area contributed by atoms with Gasteiger partial charge in [0.2, 0.25) is 11.8 Å². The lowest BCUT2D eigenvalue weighted by Gasteiger charge is -2.30. The first-order valence-electron chi connectivity index (χ1n) is 8.91. The van der Waals surface area contributed by atoms with Gasteiger partial charge >= 0.3 is 0 Å². The van der Waals surface area contributed by atoms with Gasteiger partial charge in [0.05, 0.1) is 4.90 Å². The minimum Gasteiger partial charge on any atom is -0.342 e. The summed E-state index contributed by atoms with van der Waals surface area (Å²) in [6.45, 7) is 1.69. The van der Waals surface area contributed by atoms with E-state index >= 15 is 0 Å². The molecule has 9 heteroatoms. The summed E-state index contributed by atoms with van der Waals surface area (Å²) in [6, 6.07) is 5.77. The molecule has 1 amide bonds. The number of rotatable bonds is 5. The Morgan fingerprint density at radius 3 is 2.37 bits per heavy atom. The van der Waals surface area contributed by atoms with E-state index in [4.69, 9.17) is 16.1 Å². The van der Waals surface area contributed by atoms with Crippen LogP contribution in [0.1, 0.15) is 50.2 Å². The third-order valence-corrected chi connectivity index (χ3v) is 6.67. The molecule has 0 aliphatic heterocycles. The highest BCUT2D eigenvalue weighted by Crippen LogP contribution is 2.34. The Bertz CT molecular complexity index is 901. The van der Waals surface area contributed by atoms with Gasteiger partial charge in [-0.3, -0.25) is 4.79 Å². The van der Waals surface area contributed by atoms with Crippen molar-refractivity contribution in [1.29, 1.82) is 0 Å². The molecule has 0 radical (unpaired) electrons. The first-order valence-corrected chi connectivity index (χ1v) is 10.9. The van der Waals surface area contributed by atoms with Gasteiger partial charge in [-0.15, -0.1) is 0 Å². The fourth-order valence-electron chi connectivity index (χ4n) is 3.43. The number of hydrogen-bond acceptors (Lipinski definition) is 6. The van der Waals surface area contributed by atoms with Crippen LogP contribution in [0.25, 0.3) is 0 Å². The van der Waals surface area contributed by atoms with Gasteiger partial charge in [-0.1, -0.05) is 42.4 Å². The summed E-state index contributed by atoms with van der Waals surface area (Å²) >= 11 is 5.80. The number of nitrogens with one attached hydrogen (secondary N) is 1. The zero-order valence-electron chi connectivity index (χ0n) is 15.1. The Labute approximate surface area is 163 Å². The van der Waals surface area contributed by atoms with Crippen LogP contribution in [-0.2, 0) is 20.2 Å². The minimum absolute atomic E-state index is 0.0624. The topological polar surface area (TPSA) is 102 Å². The quantitative estimate of drug-likeness (QED) is 0.758. The summed E-state index contributed by atoms with van der Waals surface area (Å²) in [7, 11) is -3.77. The molecule has 2 aromatic rings. The van der Waals surface area contributed by atoms with Crippen LogP contribution in [0.3, 0.4) is 0 Å². The molecule has 1 N–H and O–H groups in total. The van der Waals surface area contributed by atoms with Gasteiger partial charge in [0, 0.05) is 11.9 Å². The molecule has 0 spiro atoms. The second kappa shape index (κ2) is 7.98. The molecule has 3 rings (SSSR count). The smallest absolute Gasteiger partial charge is 0.236 e. The molecule has 27 heavy (non-hydrogen) atoms. The number of benzene rings is 1. The van der Waals surface area contributed by atoms with Gasteiger partial charge in [0.25, 0.3) is 0 Å². The second-order valence-corrected chi connectivity index (χ2v) is 9.32. The third kappa shape index (κ3) is 4.68. The summed E-state index contributed by atoms with van der Waals surface area (Å²) in [5.74, 6) is -0.391. The molecule has 1 aromatic heterocycles. The number of sulfone groups is 1. The van der Waals surface area contributed by atoms with Crippen molar-refractivity contribution in [3.63, 3.8) is 0 Å². The van der Waals surface area contributed by atoms with Crippen LogP contribution in [0.15, 0.2) is 33.7 Å². The van der Waals surface area contributed by atoms with Gasteiger partial charge in [0.1, 0.15) is 11.3 Å². The molecule has 0 atom stereocenters. The Hall–Kier alpha value is -1.93. The van der Waals surface area contributed by atoms with Crippen LogP contribution >= 0.6 is 11.6 Å². The summed E-state index contributed by atoms with van der Waals surface area (Å²) in [5.41, 5.74) is -0.791. The first-order chi connectivity index (χ1) is 12.8. The summed E-state index contributed by atoms with van der Waals surface area (Å²) in [6.07, 6.45) is 5.21. The van der Waals surface area contributed by atoms with Gasteiger partial charge in [-0.25, -0.2) is 8.42 Å². The van der Waals surface area contributed by atoms with Crippen molar-refractivity contribution < 1.29 is 17.7 Å².